The number of likely N-dealkylation sites (tertiary alicyclic amines) is 1. The van der Waals surface area contributed by atoms with Gasteiger partial charge in [0.2, 0.25) is 10.9 Å². The van der Waals surface area contributed by atoms with Gasteiger partial charge >= 0.3 is 0 Å². The second-order valence-corrected chi connectivity index (χ2v) is 8.06. The first-order chi connectivity index (χ1) is 13.1. The van der Waals surface area contributed by atoms with E-state index in [2.05, 4.69) is 22.4 Å². The fraction of sp³-hybridized carbons (Fsp3) is 0.500. The summed E-state index contributed by atoms with van der Waals surface area (Å²) in [5, 5.41) is 12.4. The van der Waals surface area contributed by atoms with Gasteiger partial charge in [-0.15, -0.1) is 10.2 Å². The molecule has 7 heteroatoms. The van der Waals surface area contributed by atoms with Crippen LogP contribution in [0.1, 0.15) is 65.3 Å². The Morgan fingerprint density at radius 2 is 2.04 bits per heavy atom. The largest absolute Gasteiger partial charge is 0.342 e. The molecule has 1 saturated heterocycles. The van der Waals surface area contributed by atoms with Gasteiger partial charge in [-0.1, -0.05) is 42.4 Å². The highest BCUT2D eigenvalue weighted by Gasteiger charge is 2.27. The van der Waals surface area contributed by atoms with Crippen LogP contribution in [0.2, 0.25) is 0 Å². The van der Waals surface area contributed by atoms with Crippen LogP contribution in [0.15, 0.2) is 24.3 Å². The van der Waals surface area contributed by atoms with Crippen molar-refractivity contribution >= 4 is 28.8 Å². The molecule has 144 valence electrons. The van der Waals surface area contributed by atoms with Crippen molar-refractivity contribution in [3.8, 4) is 0 Å². The van der Waals surface area contributed by atoms with Gasteiger partial charge in [0.05, 0.1) is 0 Å². The Kier molecular flexibility index (Phi) is 6.55. The van der Waals surface area contributed by atoms with Crippen molar-refractivity contribution in [1.29, 1.82) is 0 Å². The zero-order valence-corrected chi connectivity index (χ0v) is 16.7. The van der Waals surface area contributed by atoms with Crippen molar-refractivity contribution in [2.75, 3.05) is 18.4 Å². The molecule has 6 nitrogen and oxygen atoms in total. The van der Waals surface area contributed by atoms with E-state index in [1.165, 1.54) is 11.3 Å². The summed E-state index contributed by atoms with van der Waals surface area (Å²) in [6.45, 7) is 5.59. The van der Waals surface area contributed by atoms with Gasteiger partial charge in [0.25, 0.3) is 5.91 Å². The van der Waals surface area contributed by atoms with E-state index in [0.717, 1.165) is 48.5 Å². The van der Waals surface area contributed by atoms with Crippen LogP contribution in [0.5, 0.6) is 0 Å². The maximum atomic E-state index is 12.4. The van der Waals surface area contributed by atoms with Crippen LogP contribution < -0.4 is 5.32 Å². The molecule has 0 bridgehead atoms. The number of rotatable bonds is 6. The monoisotopic (exact) mass is 386 g/mol. The minimum absolute atomic E-state index is 0.169. The molecule has 1 atom stereocenters. The van der Waals surface area contributed by atoms with Gasteiger partial charge < -0.3 is 10.2 Å². The molecular weight excluding hydrogens is 360 g/mol. The lowest BCUT2D eigenvalue weighted by atomic mass is 9.98. The van der Waals surface area contributed by atoms with E-state index in [0.29, 0.717) is 18.0 Å². The highest BCUT2D eigenvalue weighted by atomic mass is 32.1. The standard InChI is InChI=1S/C20H26N4O2S/c1-3-4-7-17(25)24-12-5-6-15(13-24)19-22-23-20(27-19)18(26)21-16-10-8-14(2)9-11-16/h8-11,15H,3-7,12-13H2,1-2H3,(H,21,26)/t15-/m1/s1. The molecule has 0 aliphatic carbocycles. The Morgan fingerprint density at radius 1 is 1.26 bits per heavy atom. The van der Waals surface area contributed by atoms with Gasteiger partial charge in [-0.2, -0.15) is 0 Å². The van der Waals surface area contributed by atoms with E-state index in [4.69, 9.17) is 0 Å². The van der Waals surface area contributed by atoms with E-state index in [1.54, 1.807) is 0 Å². The number of unbranched alkanes of at least 4 members (excludes halogenated alkanes) is 1. The summed E-state index contributed by atoms with van der Waals surface area (Å²) in [6, 6.07) is 7.65. The van der Waals surface area contributed by atoms with Crippen molar-refractivity contribution < 1.29 is 9.59 Å². The van der Waals surface area contributed by atoms with Crippen LogP contribution in [0.4, 0.5) is 5.69 Å². The first kappa shape index (κ1) is 19.5. The summed E-state index contributed by atoms with van der Waals surface area (Å²) in [5.41, 5.74) is 1.88. The number of nitrogens with zero attached hydrogens (tertiary/aromatic N) is 3. The number of nitrogens with one attached hydrogen (secondary N) is 1. The minimum Gasteiger partial charge on any atom is -0.342 e. The van der Waals surface area contributed by atoms with Crippen molar-refractivity contribution in [2.24, 2.45) is 0 Å². The molecule has 1 aromatic heterocycles. The Labute approximate surface area is 164 Å². The predicted molar refractivity (Wildman–Crippen MR) is 107 cm³/mol. The molecule has 27 heavy (non-hydrogen) atoms. The maximum absolute atomic E-state index is 12.4. The summed E-state index contributed by atoms with van der Waals surface area (Å²) < 4.78 is 0. The maximum Gasteiger partial charge on any atom is 0.286 e. The Bertz CT molecular complexity index is 788. The molecule has 1 fully saturated rings. The third kappa shape index (κ3) is 5.13. The summed E-state index contributed by atoms with van der Waals surface area (Å²) in [7, 11) is 0. The van der Waals surface area contributed by atoms with E-state index < -0.39 is 0 Å². The summed E-state index contributed by atoms with van der Waals surface area (Å²) in [6.07, 6.45) is 4.52. The van der Waals surface area contributed by atoms with E-state index in [-0.39, 0.29) is 17.7 Å². The fourth-order valence-corrected chi connectivity index (χ4v) is 4.07. The Hall–Kier alpha value is -2.28. The average Bonchev–Trinajstić information content (AvgIpc) is 3.18. The lowest BCUT2D eigenvalue weighted by Gasteiger charge is -2.31. The highest BCUT2D eigenvalue weighted by molar-refractivity contribution is 7.13. The molecular formula is C20H26N4O2S. The first-order valence-corrected chi connectivity index (χ1v) is 10.4. The molecule has 1 aliphatic heterocycles. The number of aromatic nitrogens is 2. The molecule has 2 aromatic rings. The molecule has 0 saturated carbocycles. The molecule has 0 unspecified atom stereocenters. The van der Waals surface area contributed by atoms with Crippen molar-refractivity contribution in [1.82, 2.24) is 15.1 Å². The molecule has 0 radical (unpaired) electrons. The number of hydrogen-bond acceptors (Lipinski definition) is 5. The van der Waals surface area contributed by atoms with Gasteiger partial charge in [0.1, 0.15) is 5.01 Å². The number of aryl methyl sites for hydroxylation is 1. The third-order valence-corrected chi connectivity index (χ3v) is 5.90. The first-order valence-electron chi connectivity index (χ1n) is 9.56. The topological polar surface area (TPSA) is 75.2 Å². The molecule has 1 N–H and O–H groups in total. The number of carbonyl (C=O) groups excluding carboxylic acids is 2. The zero-order valence-electron chi connectivity index (χ0n) is 15.9. The van der Waals surface area contributed by atoms with Crippen molar-refractivity contribution in [3.05, 3.63) is 39.8 Å². The van der Waals surface area contributed by atoms with Gasteiger partial charge in [-0.05, 0) is 38.3 Å². The average molecular weight is 387 g/mol. The quantitative estimate of drug-likeness (QED) is 0.814. The van der Waals surface area contributed by atoms with Crippen LogP contribution >= 0.6 is 11.3 Å². The van der Waals surface area contributed by atoms with Crippen molar-refractivity contribution in [2.45, 2.75) is 51.9 Å². The smallest absolute Gasteiger partial charge is 0.286 e. The third-order valence-electron chi connectivity index (χ3n) is 4.81. The zero-order chi connectivity index (χ0) is 19.2. The number of amides is 2. The van der Waals surface area contributed by atoms with E-state index >= 15 is 0 Å². The highest BCUT2D eigenvalue weighted by Crippen LogP contribution is 2.29. The van der Waals surface area contributed by atoms with Gasteiger partial charge in [0.15, 0.2) is 0 Å². The fourth-order valence-electron chi connectivity index (χ4n) is 3.20. The molecule has 1 aliphatic rings. The molecule has 0 spiro atoms. The lowest BCUT2D eigenvalue weighted by molar-refractivity contribution is -0.132. The number of anilines is 1. The Morgan fingerprint density at radius 3 is 2.78 bits per heavy atom. The van der Waals surface area contributed by atoms with E-state index in [1.807, 2.05) is 36.1 Å². The number of benzene rings is 1. The summed E-state index contributed by atoms with van der Waals surface area (Å²) in [4.78, 5) is 26.7. The number of piperidine rings is 1. The van der Waals surface area contributed by atoms with Crippen LogP contribution in [-0.2, 0) is 4.79 Å². The SMILES string of the molecule is CCCCC(=O)N1CCC[C@@H](c2nnc(C(=O)Nc3ccc(C)cc3)s2)C1. The molecule has 3 rings (SSSR count). The van der Waals surface area contributed by atoms with Gasteiger partial charge in [0, 0.05) is 31.1 Å². The second-order valence-electron chi connectivity index (χ2n) is 7.05. The lowest BCUT2D eigenvalue weighted by Crippen LogP contribution is -2.38. The normalized spacial score (nSPS) is 17.0. The second kappa shape index (κ2) is 9.08. The van der Waals surface area contributed by atoms with Crippen LogP contribution in [0.3, 0.4) is 0 Å². The summed E-state index contributed by atoms with van der Waals surface area (Å²) in [5.74, 6) is 0.153. The van der Waals surface area contributed by atoms with Crippen molar-refractivity contribution in [3.63, 3.8) is 0 Å². The number of hydrogen-bond donors (Lipinski definition) is 1. The number of carbonyl (C=O) groups is 2. The minimum atomic E-state index is -0.241. The van der Waals surface area contributed by atoms with E-state index in [9.17, 15) is 9.59 Å². The molecule has 1 aromatic carbocycles. The van der Waals surface area contributed by atoms with Crippen LogP contribution in [0.25, 0.3) is 0 Å². The summed E-state index contributed by atoms with van der Waals surface area (Å²) >= 11 is 1.33. The van der Waals surface area contributed by atoms with Gasteiger partial charge in [-0.3, -0.25) is 9.59 Å². The predicted octanol–water partition coefficient (Wildman–Crippen LogP) is 4.00. The molecule has 2 amide bonds. The van der Waals surface area contributed by atoms with Crippen LogP contribution in [-0.4, -0.2) is 40.0 Å². The van der Waals surface area contributed by atoms with Gasteiger partial charge in [-0.25, -0.2) is 0 Å². The van der Waals surface area contributed by atoms with Crippen LogP contribution in [0, 0.1) is 6.92 Å². The molecule has 2 heterocycles. The Balaban J connectivity index is 1.61.